The molecule has 0 aromatic carbocycles. The first kappa shape index (κ1) is 15.7. The van der Waals surface area contributed by atoms with Crippen molar-refractivity contribution in [2.24, 2.45) is 0 Å². The number of nitrogen functional groups attached to an aromatic ring is 1. The molecule has 0 radical (unpaired) electrons. The highest BCUT2D eigenvalue weighted by atomic mass is 19.2. The Bertz CT molecular complexity index is 781. The van der Waals surface area contributed by atoms with E-state index in [1.165, 1.54) is 0 Å². The van der Waals surface area contributed by atoms with Gasteiger partial charge in [0, 0.05) is 0 Å². The molecule has 23 heavy (non-hydrogen) atoms. The number of fused-ring (bicyclic) bond motifs is 1. The van der Waals surface area contributed by atoms with Gasteiger partial charge in [-0.05, 0) is 0 Å². The number of imidazole rings is 1. The predicted octanol–water partition coefficient (Wildman–Crippen LogP) is -1.96. The fourth-order valence-electron chi connectivity index (χ4n) is 2.33. The summed E-state index contributed by atoms with van der Waals surface area (Å²) >= 11 is 0. The Morgan fingerprint density at radius 2 is 2.30 bits per heavy atom. The number of nitrogens with one attached hydrogen (secondary N) is 1. The minimum absolute atomic E-state index is 0.0777. The maximum Gasteiger partial charge on any atom is 0.280 e. The van der Waals surface area contributed by atoms with Gasteiger partial charge in [-0.1, -0.05) is 5.04 Å². The molecule has 126 valence electrons. The lowest BCUT2D eigenvalue weighted by molar-refractivity contribution is -0.504. The van der Waals surface area contributed by atoms with Crippen LogP contribution in [0.25, 0.3) is 11.2 Å². The first-order valence-corrected chi connectivity index (χ1v) is 6.25. The molecule has 6 N–H and O–H groups in total. The number of anilines is 1. The third kappa shape index (κ3) is 2.44. The average Bonchev–Trinajstić information content (AvgIpc) is 3.01. The van der Waals surface area contributed by atoms with Crippen molar-refractivity contribution >= 4 is 17.1 Å². The maximum absolute atomic E-state index is 14.4. The Kier molecular flexibility index (Phi) is 3.75. The highest BCUT2D eigenvalue weighted by Crippen LogP contribution is 2.39. The molecule has 2 aromatic heterocycles. The van der Waals surface area contributed by atoms with Gasteiger partial charge in [0.15, 0.2) is 17.4 Å². The van der Waals surface area contributed by atoms with E-state index >= 15 is 0 Å². The molecular formula is C10H12FN5O7. The number of hydrogen-bond acceptors (Lipinski definition) is 10. The lowest BCUT2D eigenvalue weighted by Crippen LogP contribution is -2.43. The van der Waals surface area contributed by atoms with Gasteiger partial charge in [-0.25, -0.2) is 19.5 Å². The predicted molar refractivity (Wildman–Crippen MR) is 68.2 cm³/mol. The topological polar surface area (TPSA) is 178 Å². The van der Waals surface area contributed by atoms with E-state index in [9.17, 15) is 19.4 Å². The molecule has 0 aliphatic carbocycles. The zero-order valence-corrected chi connectivity index (χ0v) is 11.3. The Morgan fingerprint density at radius 1 is 1.57 bits per heavy atom. The molecule has 12 nitrogen and oxygen atoms in total. The van der Waals surface area contributed by atoms with Crippen molar-refractivity contribution in [2.45, 2.75) is 24.3 Å². The Balaban J connectivity index is 2.01. The number of aliphatic hydroxyl groups excluding tert-OH is 2. The van der Waals surface area contributed by atoms with Gasteiger partial charge in [0.1, 0.15) is 18.8 Å². The smallest absolute Gasteiger partial charge is 0.280 e. The molecule has 1 saturated heterocycles. The van der Waals surface area contributed by atoms with Crippen molar-refractivity contribution in [3.63, 3.8) is 0 Å². The molecule has 0 bridgehead atoms. The van der Waals surface area contributed by atoms with Gasteiger partial charge in [0.05, 0.1) is 6.33 Å². The summed E-state index contributed by atoms with van der Waals surface area (Å²) in [5.41, 5.74) is 4.60. The second kappa shape index (κ2) is 5.48. The van der Waals surface area contributed by atoms with E-state index in [2.05, 4.69) is 24.9 Å². The molecule has 0 spiro atoms. The number of H-pyrrole nitrogens is 1. The number of aromatic nitrogens is 4. The quantitative estimate of drug-likeness (QED) is 0.311. The number of nitrogens with two attached hydrogens (primary N) is 1. The number of nitrogens with zero attached hydrogens (tertiary/aromatic N) is 3. The monoisotopic (exact) mass is 333 g/mol. The molecule has 13 heteroatoms. The van der Waals surface area contributed by atoms with E-state index in [1.807, 2.05) is 0 Å². The van der Waals surface area contributed by atoms with Crippen LogP contribution in [-0.4, -0.2) is 59.7 Å². The van der Waals surface area contributed by atoms with E-state index in [4.69, 9.17) is 15.7 Å². The van der Waals surface area contributed by atoms with E-state index < -0.39 is 36.5 Å². The third-order valence-corrected chi connectivity index (χ3v) is 3.41. The van der Waals surface area contributed by atoms with Crippen LogP contribution in [0.3, 0.4) is 0 Å². The summed E-state index contributed by atoms with van der Waals surface area (Å²) < 4.78 is 20.4. The molecule has 1 aliphatic heterocycles. The Hall–Kier alpha value is -2.16. The van der Waals surface area contributed by atoms with Crippen LogP contribution in [0, 0.1) is 0 Å². The SMILES string of the molecule is Nc1nc2c(ncn2[C@@H]2O[C@](F)(COOO)[C@@H](O)[C@H]2O)c(=O)[nH]1. The fourth-order valence-corrected chi connectivity index (χ4v) is 2.33. The Morgan fingerprint density at radius 3 is 3.00 bits per heavy atom. The fraction of sp³-hybridized carbons (Fsp3) is 0.500. The molecule has 1 fully saturated rings. The summed E-state index contributed by atoms with van der Waals surface area (Å²) in [5.74, 6) is -3.10. The number of alkyl halides is 1. The molecule has 0 saturated carbocycles. The van der Waals surface area contributed by atoms with Gasteiger partial charge < -0.3 is 20.7 Å². The molecule has 4 atom stereocenters. The summed E-state index contributed by atoms with van der Waals surface area (Å²) in [7, 11) is 0. The molecule has 0 unspecified atom stereocenters. The van der Waals surface area contributed by atoms with Gasteiger partial charge in [-0.2, -0.15) is 4.98 Å². The largest absolute Gasteiger partial charge is 0.385 e. The van der Waals surface area contributed by atoms with Crippen molar-refractivity contribution < 1.29 is 34.5 Å². The molecule has 1 aliphatic rings. The van der Waals surface area contributed by atoms with Crippen LogP contribution in [0.4, 0.5) is 10.3 Å². The van der Waals surface area contributed by atoms with Crippen LogP contribution in [0.15, 0.2) is 11.1 Å². The second-order valence-electron chi connectivity index (χ2n) is 4.84. The molecule has 0 amide bonds. The van der Waals surface area contributed by atoms with E-state index in [0.29, 0.717) is 0 Å². The van der Waals surface area contributed by atoms with E-state index in [0.717, 1.165) is 10.9 Å². The van der Waals surface area contributed by atoms with Crippen LogP contribution < -0.4 is 11.3 Å². The van der Waals surface area contributed by atoms with Crippen molar-refractivity contribution in [3.8, 4) is 0 Å². The summed E-state index contributed by atoms with van der Waals surface area (Å²) in [5, 5.41) is 31.1. The van der Waals surface area contributed by atoms with Crippen molar-refractivity contribution in [2.75, 3.05) is 12.3 Å². The van der Waals surface area contributed by atoms with Gasteiger partial charge >= 0.3 is 0 Å². The number of rotatable bonds is 4. The van der Waals surface area contributed by atoms with Gasteiger partial charge in [-0.3, -0.25) is 14.3 Å². The number of halogens is 1. The normalized spacial score (nSPS) is 31.0. The zero-order chi connectivity index (χ0) is 16.8. The van der Waals surface area contributed by atoms with Crippen LogP contribution in [0.2, 0.25) is 0 Å². The summed E-state index contributed by atoms with van der Waals surface area (Å²) in [4.78, 5) is 25.6. The average molecular weight is 333 g/mol. The minimum atomic E-state index is -2.88. The number of aromatic amines is 1. The molecule has 3 rings (SSSR count). The van der Waals surface area contributed by atoms with Gasteiger partial charge in [-0.15, -0.1) is 0 Å². The number of hydrogen-bond donors (Lipinski definition) is 5. The van der Waals surface area contributed by atoms with E-state index in [1.54, 1.807) is 0 Å². The van der Waals surface area contributed by atoms with Gasteiger partial charge in [0.2, 0.25) is 5.95 Å². The lowest BCUT2D eigenvalue weighted by Gasteiger charge is -2.21. The molecule has 2 aromatic rings. The van der Waals surface area contributed by atoms with Crippen molar-refractivity contribution in [1.29, 1.82) is 0 Å². The van der Waals surface area contributed by atoms with Crippen molar-refractivity contribution in [3.05, 3.63) is 16.7 Å². The van der Waals surface area contributed by atoms with Crippen LogP contribution >= 0.6 is 0 Å². The second-order valence-corrected chi connectivity index (χ2v) is 4.84. The highest BCUT2D eigenvalue weighted by molar-refractivity contribution is 5.70. The first-order valence-electron chi connectivity index (χ1n) is 6.25. The standard InChI is InChI=1S/C10H12FN5O7/c11-10(1-21-23-20)5(18)4(17)8(22-10)16-2-13-3-6(16)14-9(12)15-7(3)19/h2,4-5,8,17-18,20H,1H2,(H3,12,14,15,19)/t4-,5+,8-,10-/m1/s1. The number of ether oxygens (including phenoxy) is 1. The maximum atomic E-state index is 14.4. The molecular weight excluding hydrogens is 321 g/mol. The van der Waals surface area contributed by atoms with Crippen LogP contribution in [0.1, 0.15) is 6.23 Å². The van der Waals surface area contributed by atoms with E-state index in [-0.39, 0.29) is 17.1 Å². The lowest BCUT2D eigenvalue weighted by atomic mass is 10.1. The minimum Gasteiger partial charge on any atom is -0.385 e. The van der Waals surface area contributed by atoms with Crippen LogP contribution in [0.5, 0.6) is 0 Å². The first-order chi connectivity index (χ1) is 10.9. The Labute approximate surface area is 125 Å². The number of aliphatic hydroxyl groups is 2. The van der Waals surface area contributed by atoms with Crippen LogP contribution in [-0.2, 0) is 14.7 Å². The van der Waals surface area contributed by atoms with Crippen molar-refractivity contribution in [1.82, 2.24) is 19.5 Å². The third-order valence-electron chi connectivity index (χ3n) is 3.41. The highest BCUT2D eigenvalue weighted by Gasteiger charge is 2.57. The van der Waals surface area contributed by atoms with Gasteiger partial charge in [0.25, 0.3) is 11.4 Å². The zero-order valence-electron chi connectivity index (χ0n) is 11.3. The summed E-state index contributed by atoms with van der Waals surface area (Å²) in [6.45, 7) is -1.03. The summed E-state index contributed by atoms with van der Waals surface area (Å²) in [6.07, 6.45) is -4.18. The molecule has 3 heterocycles. The summed E-state index contributed by atoms with van der Waals surface area (Å²) in [6, 6.07) is 0.